The van der Waals surface area contributed by atoms with Crippen molar-refractivity contribution in [3.05, 3.63) is 32.8 Å². The zero-order chi connectivity index (χ0) is 11.4. The molecule has 0 fully saturated rings. The number of halogens is 1. The van der Waals surface area contributed by atoms with Gasteiger partial charge in [0.1, 0.15) is 12.3 Å². The summed E-state index contributed by atoms with van der Waals surface area (Å²) >= 11 is 5.76. The van der Waals surface area contributed by atoms with Crippen molar-refractivity contribution in [3.8, 4) is 11.8 Å². The van der Waals surface area contributed by atoms with Gasteiger partial charge in [-0.1, -0.05) is 23.4 Å². The zero-order valence-corrected chi connectivity index (χ0v) is 8.28. The Bertz CT molecular complexity index is 462. The van der Waals surface area contributed by atoms with Crippen LogP contribution in [0, 0.1) is 22.0 Å². The van der Waals surface area contributed by atoms with Gasteiger partial charge in [-0.2, -0.15) is 0 Å². The van der Waals surface area contributed by atoms with Gasteiger partial charge in [-0.25, -0.2) is 0 Å². The Kier molecular flexibility index (Phi) is 3.50. The van der Waals surface area contributed by atoms with Crippen LogP contribution in [-0.2, 0) is 0 Å². The molecule has 0 heterocycles. The minimum absolute atomic E-state index is 0.0143. The Balaban J connectivity index is 3.29. The van der Waals surface area contributed by atoms with E-state index in [0.29, 0.717) is 0 Å². The first-order valence-electron chi connectivity index (χ1n) is 3.89. The number of anilines is 1. The van der Waals surface area contributed by atoms with Gasteiger partial charge in [-0.3, -0.25) is 10.1 Å². The predicted octanol–water partition coefficient (Wildman–Crippen LogP) is 1.17. The maximum atomic E-state index is 10.5. The third-order valence-corrected chi connectivity index (χ3v) is 1.93. The molecule has 78 valence electrons. The van der Waals surface area contributed by atoms with E-state index in [1.165, 1.54) is 12.1 Å². The lowest BCUT2D eigenvalue weighted by molar-refractivity contribution is -0.383. The molecule has 6 heteroatoms. The minimum Gasteiger partial charge on any atom is -0.393 e. The second-order valence-electron chi connectivity index (χ2n) is 2.61. The maximum absolute atomic E-state index is 10.5. The van der Waals surface area contributed by atoms with E-state index in [1.54, 1.807) is 0 Å². The molecule has 0 saturated heterocycles. The van der Waals surface area contributed by atoms with Crippen LogP contribution >= 0.6 is 11.6 Å². The lowest BCUT2D eigenvalue weighted by Crippen LogP contribution is -1.96. The van der Waals surface area contributed by atoms with Crippen LogP contribution in [0.3, 0.4) is 0 Å². The molecule has 1 aromatic carbocycles. The molecule has 0 aliphatic heterocycles. The molecule has 0 bridgehead atoms. The first kappa shape index (κ1) is 11.3. The molecular formula is C9H7ClN2O3. The zero-order valence-electron chi connectivity index (χ0n) is 7.53. The molecule has 0 aromatic heterocycles. The number of hydrogen-bond acceptors (Lipinski definition) is 4. The Morgan fingerprint density at radius 3 is 2.80 bits per heavy atom. The van der Waals surface area contributed by atoms with E-state index in [1.807, 2.05) is 0 Å². The number of nitrogens with zero attached hydrogens (tertiary/aromatic N) is 1. The summed E-state index contributed by atoms with van der Waals surface area (Å²) in [5.41, 5.74) is 5.40. The highest BCUT2D eigenvalue weighted by Gasteiger charge is 2.14. The fourth-order valence-electron chi connectivity index (χ4n) is 0.966. The van der Waals surface area contributed by atoms with E-state index in [4.69, 9.17) is 22.4 Å². The third kappa shape index (κ3) is 2.59. The molecule has 0 atom stereocenters. The van der Waals surface area contributed by atoms with Crippen LogP contribution in [0.4, 0.5) is 11.4 Å². The topological polar surface area (TPSA) is 89.4 Å². The highest BCUT2D eigenvalue weighted by atomic mass is 35.5. The molecule has 0 unspecified atom stereocenters. The number of benzene rings is 1. The summed E-state index contributed by atoms with van der Waals surface area (Å²) in [7, 11) is 0. The van der Waals surface area contributed by atoms with Gasteiger partial charge in [0.05, 0.1) is 15.5 Å². The molecule has 0 aliphatic carbocycles. The number of rotatable bonds is 1. The third-order valence-electron chi connectivity index (χ3n) is 1.62. The van der Waals surface area contributed by atoms with Gasteiger partial charge >= 0.3 is 0 Å². The smallest absolute Gasteiger partial charge is 0.293 e. The van der Waals surface area contributed by atoms with Crippen molar-refractivity contribution in [2.45, 2.75) is 0 Å². The van der Waals surface area contributed by atoms with E-state index in [2.05, 4.69) is 11.8 Å². The molecule has 3 N–H and O–H groups in total. The van der Waals surface area contributed by atoms with Crippen molar-refractivity contribution < 1.29 is 10.0 Å². The van der Waals surface area contributed by atoms with Crippen molar-refractivity contribution in [2.24, 2.45) is 0 Å². The average molecular weight is 227 g/mol. The molecule has 0 aliphatic rings. The van der Waals surface area contributed by atoms with Gasteiger partial charge < -0.3 is 10.8 Å². The highest BCUT2D eigenvalue weighted by molar-refractivity contribution is 6.32. The fourth-order valence-corrected chi connectivity index (χ4v) is 1.19. The Hall–Kier alpha value is -1.77. The predicted molar refractivity (Wildman–Crippen MR) is 56.5 cm³/mol. The van der Waals surface area contributed by atoms with Crippen molar-refractivity contribution >= 4 is 23.0 Å². The summed E-state index contributed by atoms with van der Waals surface area (Å²) in [6.07, 6.45) is 0. The van der Waals surface area contributed by atoms with Crippen molar-refractivity contribution in [2.75, 3.05) is 12.3 Å². The normalized spacial score (nSPS) is 9.20. The Morgan fingerprint density at radius 1 is 1.60 bits per heavy atom. The molecule has 1 aromatic rings. The van der Waals surface area contributed by atoms with E-state index >= 15 is 0 Å². The molecule has 15 heavy (non-hydrogen) atoms. The van der Waals surface area contributed by atoms with Crippen LogP contribution in [0.1, 0.15) is 5.56 Å². The second kappa shape index (κ2) is 4.64. The number of hydrogen-bond donors (Lipinski definition) is 2. The summed E-state index contributed by atoms with van der Waals surface area (Å²) in [6, 6.07) is 2.45. The number of nitro groups is 1. The van der Waals surface area contributed by atoms with Crippen LogP contribution in [0.25, 0.3) is 0 Å². The van der Waals surface area contributed by atoms with Gasteiger partial charge in [0.25, 0.3) is 5.69 Å². The van der Waals surface area contributed by atoms with E-state index in [0.717, 1.165) is 0 Å². The molecule has 0 radical (unpaired) electrons. The van der Waals surface area contributed by atoms with Crippen molar-refractivity contribution in [1.29, 1.82) is 0 Å². The van der Waals surface area contributed by atoms with Gasteiger partial charge in [0.15, 0.2) is 0 Å². The molecule has 0 amide bonds. The first-order valence-corrected chi connectivity index (χ1v) is 4.27. The van der Waals surface area contributed by atoms with Gasteiger partial charge in [0.2, 0.25) is 0 Å². The van der Waals surface area contributed by atoms with Crippen molar-refractivity contribution in [1.82, 2.24) is 0 Å². The standard InChI is InChI=1S/C9H7ClN2O3/c10-7-5-8(11)9(12(14)15)4-6(7)2-1-3-13/h4-5,13H,3,11H2. The van der Waals surface area contributed by atoms with Crippen LogP contribution in [-0.4, -0.2) is 16.6 Å². The van der Waals surface area contributed by atoms with Crippen LogP contribution in [0.2, 0.25) is 5.02 Å². The maximum Gasteiger partial charge on any atom is 0.293 e. The lowest BCUT2D eigenvalue weighted by Gasteiger charge is -2.00. The number of nitrogens with two attached hydrogens (primary N) is 1. The monoisotopic (exact) mass is 226 g/mol. The van der Waals surface area contributed by atoms with Crippen molar-refractivity contribution in [3.63, 3.8) is 0 Å². The number of aliphatic hydroxyl groups excluding tert-OH is 1. The summed E-state index contributed by atoms with van der Waals surface area (Å²) in [5.74, 6) is 4.84. The molecular weight excluding hydrogens is 220 g/mol. The van der Waals surface area contributed by atoms with E-state index < -0.39 is 4.92 Å². The van der Waals surface area contributed by atoms with Crippen LogP contribution in [0.5, 0.6) is 0 Å². The van der Waals surface area contributed by atoms with Crippen LogP contribution in [0.15, 0.2) is 12.1 Å². The van der Waals surface area contributed by atoms with Gasteiger partial charge in [0, 0.05) is 6.07 Å². The summed E-state index contributed by atoms with van der Waals surface area (Å²) in [5, 5.41) is 19.2. The van der Waals surface area contributed by atoms with Gasteiger partial charge in [-0.05, 0) is 6.07 Å². The summed E-state index contributed by atoms with van der Waals surface area (Å²) in [4.78, 5) is 9.93. The minimum atomic E-state index is -0.615. The first-order chi connectivity index (χ1) is 7.06. The van der Waals surface area contributed by atoms with Crippen LogP contribution < -0.4 is 5.73 Å². The number of nitrogen functional groups attached to an aromatic ring is 1. The quantitative estimate of drug-likeness (QED) is 0.326. The summed E-state index contributed by atoms with van der Waals surface area (Å²) in [6.45, 7) is -0.339. The Morgan fingerprint density at radius 2 is 2.27 bits per heavy atom. The largest absolute Gasteiger partial charge is 0.393 e. The number of nitro benzene ring substituents is 1. The van der Waals surface area contributed by atoms with E-state index in [-0.39, 0.29) is 28.6 Å². The number of aliphatic hydroxyl groups is 1. The van der Waals surface area contributed by atoms with E-state index in [9.17, 15) is 10.1 Å². The lowest BCUT2D eigenvalue weighted by atomic mass is 10.2. The second-order valence-corrected chi connectivity index (χ2v) is 3.02. The SMILES string of the molecule is Nc1cc(Cl)c(C#CCO)cc1[N+](=O)[O-]. The molecule has 1 rings (SSSR count). The summed E-state index contributed by atoms with van der Waals surface area (Å²) < 4.78 is 0. The Labute approximate surface area is 90.6 Å². The average Bonchev–Trinajstić information content (AvgIpc) is 2.16. The highest BCUT2D eigenvalue weighted by Crippen LogP contribution is 2.28. The fraction of sp³-hybridized carbons (Fsp3) is 0.111. The molecule has 0 saturated carbocycles. The molecule has 5 nitrogen and oxygen atoms in total. The van der Waals surface area contributed by atoms with Gasteiger partial charge in [-0.15, -0.1) is 0 Å². The molecule has 0 spiro atoms.